The molecule has 4 aromatic rings. The number of aromatic nitrogens is 1. The van der Waals surface area contributed by atoms with E-state index in [0.29, 0.717) is 12.1 Å². The minimum absolute atomic E-state index is 0.0736. The Labute approximate surface area is 225 Å². The summed E-state index contributed by atoms with van der Waals surface area (Å²) in [7, 11) is 0. The van der Waals surface area contributed by atoms with Crippen molar-refractivity contribution in [3.63, 3.8) is 0 Å². The highest BCUT2D eigenvalue weighted by atomic mass is 19.1. The Morgan fingerprint density at radius 3 is 2.36 bits per heavy atom. The van der Waals surface area contributed by atoms with E-state index in [0.717, 1.165) is 27.2 Å². The van der Waals surface area contributed by atoms with Crippen LogP contribution in [-0.2, 0) is 20.8 Å². The van der Waals surface area contributed by atoms with Gasteiger partial charge in [-0.25, -0.2) is 9.87 Å². The third-order valence-electron chi connectivity index (χ3n) is 6.85. The number of carbonyl (C=O) groups excluding carboxylic acids is 3. The van der Waals surface area contributed by atoms with Crippen LogP contribution in [0.5, 0.6) is 0 Å². The predicted molar refractivity (Wildman–Crippen MR) is 149 cm³/mol. The fourth-order valence-corrected chi connectivity index (χ4v) is 4.67. The van der Waals surface area contributed by atoms with E-state index in [4.69, 9.17) is 5.21 Å². The molecule has 0 radical (unpaired) electrons. The second kappa shape index (κ2) is 12.5. The lowest BCUT2D eigenvalue weighted by molar-refractivity contribution is -0.142. The molecule has 0 saturated heterocycles. The van der Waals surface area contributed by atoms with Crippen LogP contribution in [0.3, 0.4) is 0 Å². The smallest absolute Gasteiger partial charge is 0.278 e. The summed E-state index contributed by atoms with van der Waals surface area (Å²) in [5.41, 5.74) is 3.52. The molecule has 8 nitrogen and oxygen atoms in total. The molecule has 204 valence electrons. The van der Waals surface area contributed by atoms with Gasteiger partial charge in [0.2, 0.25) is 11.8 Å². The number of halogens is 1. The van der Waals surface area contributed by atoms with Crippen LogP contribution in [0.2, 0.25) is 0 Å². The second-order valence-electron chi connectivity index (χ2n) is 10.1. The van der Waals surface area contributed by atoms with Crippen LogP contribution in [0.1, 0.15) is 32.3 Å². The predicted octanol–water partition coefficient (Wildman–Crippen LogP) is 4.88. The molecule has 0 spiro atoms. The van der Waals surface area contributed by atoms with Gasteiger partial charge in [-0.1, -0.05) is 68.8 Å². The first-order valence-corrected chi connectivity index (χ1v) is 13.0. The number of anilines is 1. The number of nitrogens with one attached hydrogen (secondary N) is 4. The fraction of sp³-hybridized carbons (Fsp3) is 0.300. The van der Waals surface area contributed by atoms with Crippen molar-refractivity contribution in [1.29, 1.82) is 0 Å². The van der Waals surface area contributed by atoms with Gasteiger partial charge in [0, 0.05) is 29.2 Å². The van der Waals surface area contributed by atoms with Crippen molar-refractivity contribution >= 4 is 45.1 Å². The number of amides is 3. The first-order chi connectivity index (χ1) is 18.8. The summed E-state index contributed by atoms with van der Waals surface area (Å²) in [6, 6.07) is 19.8. The molecule has 1 heterocycles. The number of hydroxylamine groups is 1. The van der Waals surface area contributed by atoms with E-state index in [2.05, 4.69) is 15.6 Å². The molecule has 5 N–H and O–H groups in total. The van der Waals surface area contributed by atoms with Gasteiger partial charge in [0.25, 0.3) is 5.91 Å². The summed E-state index contributed by atoms with van der Waals surface area (Å²) < 4.78 is 15.0. The molecule has 0 fully saturated rings. The number of rotatable bonds is 11. The van der Waals surface area contributed by atoms with E-state index in [9.17, 15) is 18.8 Å². The third-order valence-corrected chi connectivity index (χ3v) is 6.85. The molecule has 9 heteroatoms. The van der Waals surface area contributed by atoms with Crippen molar-refractivity contribution in [2.45, 2.75) is 45.3 Å². The first-order valence-electron chi connectivity index (χ1n) is 13.0. The normalized spacial score (nSPS) is 13.7. The van der Waals surface area contributed by atoms with Gasteiger partial charge in [-0.15, -0.1) is 0 Å². The number of carbonyl (C=O) groups is 3. The Morgan fingerprint density at radius 1 is 0.897 bits per heavy atom. The van der Waals surface area contributed by atoms with Crippen molar-refractivity contribution in [1.82, 2.24) is 15.8 Å². The number of aromatic amines is 1. The summed E-state index contributed by atoms with van der Waals surface area (Å²) >= 11 is 0. The van der Waals surface area contributed by atoms with Crippen LogP contribution in [0.15, 0.2) is 72.9 Å². The van der Waals surface area contributed by atoms with Gasteiger partial charge in [0.15, 0.2) is 6.17 Å². The van der Waals surface area contributed by atoms with Crippen LogP contribution < -0.4 is 16.1 Å². The Kier molecular flexibility index (Phi) is 8.93. The molecule has 0 bridgehead atoms. The summed E-state index contributed by atoms with van der Waals surface area (Å²) in [4.78, 5) is 41.9. The SMILES string of the molecule is CC(C)CC[C@@H](C(=O)N[C@@H](Cc1c[nH]c2ccccc12)C(=O)Nc1ccc2ccccc2c1)[C@@H](F)C(=O)NO. The minimum Gasteiger partial charge on any atom is -0.361 e. The highest BCUT2D eigenvalue weighted by Crippen LogP contribution is 2.23. The number of H-pyrrole nitrogens is 1. The standard InChI is InChI=1S/C30H33FN4O4/c1-18(2)11-14-24(27(31)30(38)35-39)28(36)34-26(16-21-17-32-25-10-6-5-9-23(21)25)29(37)33-22-13-12-19-7-3-4-8-20(19)15-22/h3-10,12-13,15,17-18,24,26-27,32,39H,11,14,16H2,1-2H3,(H,33,37)(H,34,36)(H,35,38)/t24-,26+,27-/m1/s1. The van der Waals surface area contributed by atoms with E-state index in [1.165, 1.54) is 5.48 Å². The number of fused-ring (bicyclic) bond motifs is 2. The van der Waals surface area contributed by atoms with E-state index < -0.39 is 35.9 Å². The summed E-state index contributed by atoms with van der Waals surface area (Å²) in [6.07, 6.45) is 0.194. The maximum atomic E-state index is 15.0. The number of benzene rings is 3. The largest absolute Gasteiger partial charge is 0.361 e. The second-order valence-corrected chi connectivity index (χ2v) is 10.1. The van der Waals surface area contributed by atoms with Crippen molar-refractivity contribution in [3.05, 3.63) is 78.5 Å². The lowest BCUT2D eigenvalue weighted by Crippen LogP contribution is -2.50. The Morgan fingerprint density at radius 2 is 1.62 bits per heavy atom. The van der Waals surface area contributed by atoms with Gasteiger partial charge < -0.3 is 15.6 Å². The number of hydrogen-bond acceptors (Lipinski definition) is 4. The van der Waals surface area contributed by atoms with Crippen molar-refractivity contribution in [2.24, 2.45) is 11.8 Å². The van der Waals surface area contributed by atoms with Crippen molar-refractivity contribution < 1.29 is 24.0 Å². The lowest BCUT2D eigenvalue weighted by Gasteiger charge is -2.24. The molecule has 0 aliphatic rings. The maximum Gasteiger partial charge on any atom is 0.278 e. The molecule has 3 atom stereocenters. The molecule has 0 aliphatic heterocycles. The summed E-state index contributed by atoms with van der Waals surface area (Å²) in [5, 5.41) is 17.4. The fourth-order valence-electron chi connectivity index (χ4n) is 4.67. The molecule has 4 rings (SSSR count). The van der Waals surface area contributed by atoms with Gasteiger partial charge in [-0.3, -0.25) is 19.6 Å². The van der Waals surface area contributed by atoms with Crippen LogP contribution in [0.4, 0.5) is 10.1 Å². The van der Waals surface area contributed by atoms with Gasteiger partial charge >= 0.3 is 0 Å². The Balaban J connectivity index is 1.61. The van der Waals surface area contributed by atoms with E-state index in [-0.39, 0.29) is 18.8 Å². The van der Waals surface area contributed by atoms with E-state index >= 15 is 0 Å². The average molecular weight is 533 g/mol. The third kappa shape index (κ3) is 6.80. The first kappa shape index (κ1) is 27.8. The molecule has 0 saturated carbocycles. The van der Waals surface area contributed by atoms with Crippen LogP contribution in [0.25, 0.3) is 21.7 Å². The maximum absolute atomic E-state index is 15.0. The monoisotopic (exact) mass is 532 g/mol. The zero-order chi connectivity index (χ0) is 27.9. The highest BCUT2D eigenvalue weighted by Gasteiger charge is 2.36. The van der Waals surface area contributed by atoms with Gasteiger partial charge in [0.1, 0.15) is 6.04 Å². The van der Waals surface area contributed by atoms with Crippen LogP contribution >= 0.6 is 0 Å². The van der Waals surface area contributed by atoms with E-state index in [1.54, 1.807) is 12.3 Å². The highest BCUT2D eigenvalue weighted by molar-refractivity contribution is 6.00. The zero-order valence-corrected chi connectivity index (χ0v) is 21.9. The van der Waals surface area contributed by atoms with Gasteiger partial charge in [-0.2, -0.15) is 0 Å². The Bertz CT molecular complexity index is 1470. The lowest BCUT2D eigenvalue weighted by atomic mass is 9.92. The number of alkyl halides is 1. The molecule has 0 aliphatic carbocycles. The minimum atomic E-state index is -2.27. The zero-order valence-electron chi connectivity index (χ0n) is 21.9. The molecular weight excluding hydrogens is 499 g/mol. The molecule has 1 aromatic heterocycles. The van der Waals surface area contributed by atoms with Crippen molar-refractivity contribution in [2.75, 3.05) is 5.32 Å². The summed E-state index contributed by atoms with van der Waals surface area (Å²) in [6.45, 7) is 3.84. The van der Waals surface area contributed by atoms with Gasteiger partial charge in [-0.05, 0) is 46.9 Å². The quantitative estimate of drug-likeness (QED) is 0.139. The Hall–Kier alpha value is -4.24. The van der Waals surface area contributed by atoms with Gasteiger partial charge in [0.05, 0.1) is 5.92 Å². The van der Waals surface area contributed by atoms with Crippen LogP contribution in [-0.4, -0.2) is 40.1 Å². The molecule has 39 heavy (non-hydrogen) atoms. The molecular formula is C30H33FN4O4. The average Bonchev–Trinajstić information content (AvgIpc) is 3.34. The van der Waals surface area contributed by atoms with E-state index in [1.807, 2.05) is 74.5 Å². The molecule has 0 unspecified atom stereocenters. The van der Waals surface area contributed by atoms with Crippen LogP contribution in [0, 0.1) is 11.8 Å². The number of para-hydroxylation sites is 1. The van der Waals surface area contributed by atoms with Crippen molar-refractivity contribution in [3.8, 4) is 0 Å². The molecule has 3 aromatic carbocycles. The number of hydrogen-bond donors (Lipinski definition) is 5. The summed E-state index contributed by atoms with van der Waals surface area (Å²) in [5.74, 6) is -3.77. The molecule has 3 amide bonds. The topological polar surface area (TPSA) is 123 Å².